The molecule has 3 aromatic rings. The zero-order chi connectivity index (χ0) is 21.7. The highest BCUT2D eigenvalue weighted by atomic mass is 32.1. The predicted octanol–water partition coefficient (Wildman–Crippen LogP) is 4.83. The SMILES string of the molecule is CC(NC(=O)Cc1csc(NC(=O)c2ccccc2)n1)c1cccc(C(F)(F)F)c1. The summed E-state index contributed by atoms with van der Waals surface area (Å²) < 4.78 is 38.6. The number of rotatable bonds is 6. The summed E-state index contributed by atoms with van der Waals surface area (Å²) in [6, 6.07) is 12.9. The molecule has 0 fully saturated rings. The first-order valence-electron chi connectivity index (χ1n) is 8.99. The Kier molecular flexibility index (Phi) is 6.51. The highest BCUT2D eigenvalue weighted by molar-refractivity contribution is 7.14. The van der Waals surface area contributed by atoms with E-state index in [-0.39, 0.29) is 18.2 Å². The molecule has 156 valence electrons. The minimum absolute atomic E-state index is 0.0546. The fourth-order valence-electron chi connectivity index (χ4n) is 2.73. The van der Waals surface area contributed by atoms with E-state index in [0.29, 0.717) is 22.0 Å². The Bertz CT molecular complexity index is 1040. The lowest BCUT2D eigenvalue weighted by Gasteiger charge is -2.16. The van der Waals surface area contributed by atoms with Crippen molar-refractivity contribution in [2.24, 2.45) is 0 Å². The van der Waals surface area contributed by atoms with Crippen molar-refractivity contribution in [3.05, 3.63) is 82.4 Å². The fourth-order valence-corrected chi connectivity index (χ4v) is 3.43. The molecule has 2 amide bonds. The summed E-state index contributed by atoms with van der Waals surface area (Å²) in [6.07, 6.45) is -4.50. The van der Waals surface area contributed by atoms with Gasteiger partial charge < -0.3 is 5.32 Å². The van der Waals surface area contributed by atoms with Crippen molar-refractivity contribution in [3.8, 4) is 0 Å². The van der Waals surface area contributed by atoms with Gasteiger partial charge in [0.05, 0.1) is 23.7 Å². The number of hydrogen-bond donors (Lipinski definition) is 2. The van der Waals surface area contributed by atoms with Gasteiger partial charge in [0, 0.05) is 10.9 Å². The lowest BCUT2D eigenvalue weighted by Crippen LogP contribution is -2.28. The maximum absolute atomic E-state index is 12.9. The number of anilines is 1. The molecule has 5 nitrogen and oxygen atoms in total. The van der Waals surface area contributed by atoms with E-state index in [2.05, 4.69) is 15.6 Å². The summed E-state index contributed by atoms with van der Waals surface area (Å²) in [7, 11) is 0. The predicted molar refractivity (Wildman–Crippen MR) is 108 cm³/mol. The van der Waals surface area contributed by atoms with Gasteiger partial charge in [0.1, 0.15) is 0 Å². The molecule has 0 saturated carbocycles. The number of nitrogens with zero attached hydrogens (tertiary/aromatic N) is 1. The topological polar surface area (TPSA) is 71.1 Å². The molecule has 1 aromatic heterocycles. The Morgan fingerprint density at radius 2 is 1.83 bits per heavy atom. The van der Waals surface area contributed by atoms with Crippen LogP contribution in [-0.4, -0.2) is 16.8 Å². The molecule has 0 spiro atoms. The number of amides is 2. The lowest BCUT2D eigenvalue weighted by atomic mass is 10.0. The van der Waals surface area contributed by atoms with E-state index < -0.39 is 17.8 Å². The number of halogens is 3. The number of carbonyl (C=O) groups excluding carboxylic acids is 2. The van der Waals surface area contributed by atoms with Crippen LogP contribution in [0.15, 0.2) is 60.0 Å². The molecule has 1 atom stereocenters. The van der Waals surface area contributed by atoms with Crippen molar-refractivity contribution in [1.29, 1.82) is 0 Å². The molecule has 3 rings (SSSR count). The first-order valence-corrected chi connectivity index (χ1v) is 9.87. The van der Waals surface area contributed by atoms with Crippen molar-refractivity contribution in [1.82, 2.24) is 10.3 Å². The van der Waals surface area contributed by atoms with Crippen LogP contribution < -0.4 is 10.6 Å². The average Bonchev–Trinajstić information content (AvgIpc) is 3.14. The summed E-state index contributed by atoms with van der Waals surface area (Å²) in [5.74, 6) is -0.690. The van der Waals surface area contributed by atoms with Gasteiger partial charge in [0.25, 0.3) is 5.91 Å². The third-order valence-electron chi connectivity index (χ3n) is 4.24. The normalized spacial score (nSPS) is 12.3. The number of aromatic nitrogens is 1. The van der Waals surface area contributed by atoms with Crippen LogP contribution >= 0.6 is 11.3 Å². The molecule has 30 heavy (non-hydrogen) atoms. The molecule has 2 aromatic carbocycles. The molecule has 9 heteroatoms. The Hall–Kier alpha value is -3.20. The van der Waals surface area contributed by atoms with Gasteiger partial charge in [-0.15, -0.1) is 11.3 Å². The number of nitrogens with one attached hydrogen (secondary N) is 2. The van der Waals surface area contributed by atoms with Crippen molar-refractivity contribution in [2.45, 2.75) is 25.6 Å². The molecule has 1 unspecified atom stereocenters. The smallest absolute Gasteiger partial charge is 0.349 e. The van der Waals surface area contributed by atoms with Crippen LogP contribution in [0.3, 0.4) is 0 Å². The Morgan fingerprint density at radius 1 is 1.10 bits per heavy atom. The molecule has 1 heterocycles. The van der Waals surface area contributed by atoms with E-state index in [0.717, 1.165) is 12.1 Å². The summed E-state index contributed by atoms with van der Waals surface area (Å²) in [5, 5.41) is 7.35. The third-order valence-corrected chi connectivity index (χ3v) is 5.05. The van der Waals surface area contributed by atoms with Crippen LogP contribution in [0.1, 0.15) is 40.1 Å². The van der Waals surface area contributed by atoms with E-state index in [1.165, 1.54) is 23.5 Å². The molecule has 2 N–H and O–H groups in total. The molecular formula is C21H18F3N3O2S. The number of hydrogen-bond acceptors (Lipinski definition) is 4. The van der Waals surface area contributed by atoms with E-state index >= 15 is 0 Å². The van der Waals surface area contributed by atoms with Crippen LogP contribution in [0.25, 0.3) is 0 Å². The second-order valence-electron chi connectivity index (χ2n) is 6.55. The third kappa shape index (κ3) is 5.66. The maximum atomic E-state index is 12.9. The highest BCUT2D eigenvalue weighted by Gasteiger charge is 2.30. The molecule has 0 aliphatic carbocycles. The number of benzene rings is 2. The summed E-state index contributed by atoms with van der Waals surface area (Å²) in [5.41, 5.74) is 0.533. The zero-order valence-corrected chi connectivity index (χ0v) is 16.7. The molecular weight excluding hydrogens is 415 g/mol. The molecule has 0 bridgehead atoms. The van der Waals surface area contributed by atoms with Crippen LogP contribution in [0.4, 0.5) is 18.3 Å². The first kappa shape index (κ1) is 21.5. The van der Waals surface area contributed by atoms with Gasteiger partial charge in [-0.05, 0) is 36.8 Å². The molecule has 0 saturated heterocycles. The Balaban J connectivity index is 1.57. The quantitative estimate of drug-likeness (QED) is 0.585. The first-order chi connectivity index (χ1) is 14.2. The van der Waals surface area contributed by atoms with Crippen LogP contribution in [-0.2, 0) is 17.4 Å². The van der Waals surface area contributed by atoms with Crippen molar-refractivity contribution < 1.29 is 22.8 Å². The highest BCUT2D eigenvalue weighted by Crippen LogP contribution is 2.30. The standard InChI is InChI=1S/C21H18F3N3O2S/c1-13(15-8-5-9-16(10-15)21(22,23)24)25-18(28)11-17-12-30-20(26-17)27-19(29)14-6-3-2-4-7-14/h2-10,12-13H,11H2,1H3,(H,25,28)(H,26,27,29). The minimum Gasteiger partial charge on any atom is -0.349 e. The second kappa shape index (κ2) is 9.08. The monoisotopic (exact) mass is 433 g/mol. The second-order valence-corrected chi connectivity index (χ2v) is 7.41. The summed E-state index contributed by atoms with van der Waals surface area (Å²) in [4.78, 5) is 28.6. The van der Waals surface area contributed by atoms with Gasteiger partial charge in [0.2, 0.25) is 5.91 Å². The van der Waals surface area contributed by atoms with E-state index in [9.17, 15) is 22.8 Å². The lowest BCUT2D eigenvalue weighted by molar-refractivity contribution is -0.137. The van der Waals surface area contributed by atoms with Gasteiger partial charge in [-0.25, -0.2) is 4.98 Å². The van der Waals surface area contributed by atoms with Crippen molar-refractivity contribution in [2.75, 3.05) is 5.32 Å². The van der Waals surface area contributed by atoms with Crippen LogP contribution in [0.5, 0.6) is 0 Å². The Morgan fingerprint density at radius 3 is 2.53 bits per heavy atom. The zero-order valence-electron chi connectivity index (χ0n) is 15.9. The average molecular weight is 433 g/mol. The fraction of sp³-hybridized carbons (Fsp3) is 0.190. The van der Waals surface area contributed by atoms with Gasteiger partial charge in [-0.2, -0.15) is 13.2 Å². The molecule has 0 aliphatic heterocycles. The number of thiazole rings is 1. The van der Waals surface area contributed by atoms with E-state index in [4.69, 9.17) is 0 Å². The van der Waals surface area contributed by atoms with Gasteiger partial charge in [-0.1, -0.05) is 30.3 Å². The van der Waals surface area contributed by atoms with Crippen LogP contribution in [0.2, 0.25) is 0 Å². The maximum Gasteiger partial charge on any atom is 0.416 e. The van der Waals surface area contributed by atoms with Crippen molar-refractivity contribution >= 4 is 28.3 Å². The van der Waals surface area contributed by atoms with Gasteiger partial charge in [0.15, 0.2) is 5.13 Å². The molecule has 0 aliphatic rings. The largest absolute Gasteiger partial charge is 0.416 e. The minimum atomic E-state index is -4.44. The van der Waals surface area contributed by atoms with Crippen molar-refractivity contribution in [3.63, 3.8) is 0 Å². The van der Waals surface area contributed by atoms with E-state index in [1.54, 1.807) is 42.6 Å². The molecule has 0 radical (unpaired) electrons. The summed E-state index contributed by atoms with van der Waals surface area (Å²) in [6.45, 7) is 1.61. The van der Waals surface area contributed by atoms with E-state index in [1.807, 2.05) is 0 Å². The number of carbonyl (C=O) groups is 2. The number of alkyl halides is 3. The van der Waals surface area contributed by atoms with Crippen LogP contribution in [0, 0.1) is 0 Å². The van der Waals surface area contributed by atoms with Gasteiger partial charge in [-0.3, -0.25) is 14.9 Å². The summed E-state index contributed by atoms with van der Waals surface area (Å²) >= 11 is 1.19. The van der Waals surface area contributed by atoms with Gasteiger partial charge >= 0.3 is 6.18 Å². The Labute approximate surface area is 175 Å².